The molecule has 5 rings (SSSR count). The quantitative estimate of drug-likeness (QED) is 0.0372. The number of amides is 5. The molecular weight excluding hydrogens is 1040 g/mol. The maximum absolute atomic E-state index is 13.9. The molecule has 0 radical (unpaired) electrons. The van der Waals surface area contributed by atoms with Gasteiger partial charge in [-0.2, -0.15) is 0 Å². The van der Waals surface area contributed by atoms with E-state index < -0.39 is 129 Å². The summed E-state index contributed by atoms with van der Waals surface area (Å²) in [7, 11) is 1.61. The van der Waals surface area contributed by atoms with Gasteiger partial charge in [0.25, 0.3) is 5.91 Å². The summed E-state index contributed by atoms with van der Waals surface area (Å²) in [5, 5.41) is 67.8. The first kappa shape index (κ1) is 61.6. The molecule has 3 heterocycles. The van der Waals surface area contributed by atoms with Gasteiger partial charge in [-0.25, -0.2) is 4.98 Å². The molecule has 430 valence electrons. The fourth-order valence-corrected chi connectivity index (χ4v) is 9.03. The van der Waals surface area contributed by atoms with Crippen LogP contribution in [0.25, 0.3) is 11.0 Å². The molecule has 3 atom stereocenters. The van der Waals surface area contributed by atoms with Gasteiger partial charge >= 0.3 is 35.8 Å². The largest absolute Gasteiger partial charge is 0.481 e. The smallest absolute Gasteiger partial charge is 0.317 e. The van der Waals surface area contributed by atoms with Gasteiger partial charge in [0.2, 0.25) is 23.6 Å². The van der Waals surface area contributed by atoms with Crippen LogP contribution in [0.5, 0.6) is 0 Å². The van der Waals surface area contributed by atoms with E-state index in [1.807, 2.05) is 24.3 Å². The number of aromatic amines is 1. The van der Waals surface area contributed by atoms with Crippen LogP contribution in [0.1, 0.15) is 60.3 Å². The van der Waals surface area contributed by atoms with E-state index in [4.69, 9.17) is 0 Å². The Balaban J connectivity index is 1.24. The van der Waals surface area contributed by atoms with E-state index >= 15 is 0 Å². The molecule has 29 nitrogen and oxygen atoms in total. The molecule has 1 fully saturated rings. The maximum atomic E-state index is 13.9. The normalized spacial score (nSPS) is 16.8. The third kappa shape index (κ3) is 20.6. The number of aliphatic carboxylic acids is 6. The summed E-state index contributed by atoms with van der Waals surface area (Å²) >= 11 is 0. The van der Waals surface area contributed by atoms with Crippen molar-refractivity contribution >= 4 is 82.1 Å². The lowest BCUT2D eigenvalue weighted by Crippen LogP contribution is -2.55. The van der Waals surface area contributed by atoms with E-state index in [2.05, 4.69) is 31.2 Å². The Labute approximate surface area is 452 Å². The van der Waals surface area contributed by atoms with E-state index in [1.54, 1.807) is 44.8 Å². The molecule has 1 aromatic heterocycles. The van der Waals surface area contributed by atoms with E-state index in [0.29, 0.717) is 17.1 Å². The summed E-state index contributed by atoms with van der Waals surface area (Å²) in [6.45, 7) is -0.987. The highest BCUT2D eigenvalue weighted by Gasteiger charge is 2.33. The van der Waals surface area contributed by atoms with Crippen LogP contribution >= 0.6 is 0 Å². The van der Waals surface area contributed by atoms with Crippen LogP contribution in [-0.4, -0.2) is 252 Å². The predicted octanol–water partition coefficient (Wildman–Crippen LogP) is -1.89. The zero-order valence-corrected chi connectivity index (χ0v) is 43.6. The second-order valence-corrected chi connectivity index (χ2v) is 19.3. The van der Waals surface area contributed by atoms with Gasteiger partial charge in [0, 0.05) is 103 Å². The van der Waals surface area contributed by atoms with Crippen molar-refractivity contribution in [3.63, 3.8) is 0 Å². The zero-order chi connectivity index (χ0) is 57.8. The first-order valence-corrected chi connectivity index (χ1v) is 25.5. The van der Waals surface area contributed by atoms with Gasteiger partial charge in [0.05, 0.1) is 50.2 Å². The molecule has 0 spiro atoms. The summed E-state index contributed by atoms with van der Waals surface area (Å²) in [5.41, 5.74) is 2.76. The number of imidazole rings is 1. The number of carbonyl (C=O) groups is 11. The summed E-state index contributed by atoms with van der Waals surface area (Å²) < 4.78 is 0. The molecule has 5 amide bonds. The molecule has 1 unspecified atom stereocenters. The molecule has 0 bridgehead atoms. The summed E-state index contributed by atoms with van der Waals surface area (Å²) in [6, 6.07) is 7.86. The number of carboxylic acids is 6. The van der Waals surface area contributed by atoms with Crippen LogP contribution in [0.4, 0.5) is 5.69 Å². The molecule has 2 aromatic carbocycles. The number of nitrogens with zero attached hydrogens (tertiary/aromatic N) is 7. The molecule has 0 saturated carbocycles. The minimum absolute atomic E-state index is 0.0342. The Morgan fingerprint density at radius 2 is 1.20 bits per heavy atom. The molecular formula is C50H68N12O17. The zero-order valence-electron chi connectivity index (χ0n) is 43.6. The van der Waals surface area contributed by atoms with Gasteiger partial charge < -0.3 is 66.7 Å². The van der Waals surface area contributed by atoms with Gasteiger partial charge in [-0.1, -0.05) is 12.1 Å². The summed E-state index contributed by atoms with van der Waals surface area (Å²) in [5.74, 6) is -10.4. The number of carboxylic acid groups (broad SMARTS) is 6. The SMILES string of the molecule is CN(Cc1nc2ccccc2[nH]1)C(=O)c1ccc2c(c1)CN(CCCNC(=O)[C@H](CCC(=O)O)NC(=O)[C@H](CCC(=O)O)NC(=O)CN1CCN(CC(=O)O)CCN(CC(=O)O)CCN(CC(=O)O)CC1)C(=O)C(CC(=O)O)N2. The van der Waals surface area contributed by atoms with E-state index in [1.165, 1.54) is 9.80 Å². The first-order valence-electron chi connectivity index (χ1n) is 25.5. The number of rotatable bonds is 27. The topological polar surface area (TPSA) is 405 Å². The van der Waals surface area contributed by atoms with Crippen LogP contribution in [0.15, 0.2) is 42.5 Å². The highest BCUT2D eigenvalue weighted by molar-refractivity contribution is 5.96. The molecule has 2 aliphatic rings. The third-order valence-electron chi connectivity index (χ3n) is 13.1. The summed E-state index contributed by atoms with van der Waals surface area (Å²) in [6.07, 6.45) is -2.64. The van der Waals surface area contributed by atoms with E-state index in [0.717, 1.165) is 11.0 Å². The van der Waals surface area contributed by atoms with E-state index in [9.17, 15) is 83.4 Å². The molecule has 0 aliphatic carbocycles. The van der Waals surface area contributed by atoms with Gasteiger partial charge in [-0.15, -0.1) is 0 Å². The standard InChI is InChI=1S/C50H68N12O17/c1-57(26-39-53-34-5-2-3-6-35(34)54-39)49(78)31-7-8-33-32(23-31)25-62(50(79)38(52-33)24-43(68)69)14-4-13-51-47(76)36(9-11-41(64)65)56-48(77)37(10-12-42(66)67)55-40(63)27-58-15-17-59(28-44(70)71)19-21-61(30-46(74)75)22-20-60(18-16-58)29-45(72)73/h2-3,5-8,23,36-38,52H,4,9-22,24-30H2,1H3,(H,51,76)(H,53,54)(H,55,63)(H,56,77)(H,64,65)(H,66,67)(H,68,69)(H,70,71)(H,72,73)(H,74,75)/t36-,37-,38?/m0/s1. The maximum Gasteiger partial charge on any atom is 0.317 e. The minimum atomic E-state index is -1.57. The fourth-order valence-electron chi connectivity index (χ4n) is 9.03. The van der Waals surface area contributed by atoms with Gasteiger partial charge in [-0.3, -0.25) is 72.3 Å². The van der Waals surface area contributed by atoms with Crippen molar-refractivity contribution in [2.45, 2.75) is 69.7 Å². The molecule has 11 N–H and O–H groups in total. The number of carbonyl (C=O) groups excluding carboxylic acids is 5. The number of aromatic nitrogens is 2. The summed E-state index contributed by atoms with van der Waals surface area (Å²) in [4.78, 5) is 156. The molecule has 79 heavy (non-hydrogen) atoms. The number of hydrogen-bond donors (Lipinski definition) is 11. The van der Waals surface area contributed by atoms with Crippen LogP contribution in [0.3, 0.4) is 0 Å². The van der Waals surface area contributed by atoms with Crippen molar-refractivity contribution in [1.29, 1.82) is 0 Å². The van der Waals surface area contributed by atoms with E-state index in [-0.39, 0.29) is 103 Å². The highest BCUT2D eigenvalue weighted by Crippen LogP contribution is 2.27. The van der Waals surface area contributed by atoms with Crippen LogP contribution in [-0.2, 0) is 61.0 Å². The second-order valence-electron chi connectivity index (χ2n) is 19.3. The number of benzene rings is 2. The fraction of sp³-hybridized carbons (Fsp3) is 0.520. The number of H-pyrrole nitrogens is 1. The number of nitrogens with one attached hydrogen (secondary N) is 5. The minimum Gasteiger partial charge on any atom is -0.481 e. The number of anilines is 1. The van der Waals surface area contributed by atoms with Gasteiger partial charge in [0.15, 0.2) is 0 Å². The van der Waals surface area contributed by atoms with Crippen LogP contribution < -0.4 is 21.3 Å². The lowest BCUT2D eigenvalue weighted by atomic mass is 10.1. The lowest BCUT2D eigenvalue weighted by Gasteiger charge is -2.33. The molecule has 2 aliphatic heterocycles. The molecule has 3 aromatic rings. The Morgan fingerprint density at radius 3 is 1.72 bits per heavy atom. The van der Waals surface area contributed by atoms with Crippen LogP contribution in [0.2, 0.25) is 0 Å². The highest BCUT2D eigenvalue weighted by atomic mass is 16.4. The lowest BCUT2D eigenvalue weighted by molar-refractivity contribution is -0.141. The van der Waals surface area contributed by atoms with Crippen molar-refractivity contribution < 1.29 is 83.4 Å². The number of fused-ring (bicyclic) bond motifs is 2. The van der Waals surface area contributed by atoms with Crippen molar-refractivity contribution in [1.82, 2.24) is 55.3 Å². The van der Waals surface area contributed by atoms with Crippen molar-refractivity contribution in [3.05, 3.63) is 59.4 Å². The Morgan fingerprint density at radius 1 is 0.671 bits per heavy atom. The average Bonchev–Trinajstić information content (AvgIpc) is 3.79. The Kier molecular flexibility index (Phi) is 23.4. The van der Waals surface area contributed by atoms with Crippen molar-refractivity contribution in [2.24, 2.45) is 0 Å². The van der Waals surface area contributed by atoms with Crippen LogP contribution in [0, 0.1) is 0 Å². The second kappa shape index (κ2) is 30.0. The molecule has 29 heteroatoms. The monoisotopic (exact) mass is 1110 g/mol. The average molecular weight is 1110 g/mol. The van der Waals surface area contributed by atoms with Crippen molar-refractivity contribution in [3.8, 4) is 0 Å². The number of para-hydroxylation sites is 2. The van der Waals surface area contributed by atoms with Crippen molar-refractivity contribution in [2.75, 3.05) is 104 Å². The predicted molar refractivity (Wildman–Crippen MR) is 277 cm³/mol. The molecule has 1 saturated heterocycles. The van der Waals surface area contributed by atoms with Gasteiger partial charge in [0.1, 0.15) is 23.9 Å². The first-order chi connectivity index (χ1) is 37.5. The third-order valence-corrected chi connectivity index (χ3v) is 13.1. The Bertz CT molecular complexity index is 2640. The number of hydrogen-bond acceptors (Lipinski definition) is 17. The van der Waals surface area contributed by atoms with Gasteiger partial charge in [-0.05, 0) is 55.2 Å². The Hall–Kier alpha value is -8.28.